The number of aryl methyl sites for hydroxylation is 1. The van der Waals surface area contributed by atoms with Crippen molar-refractivity contribution in [1.29, 1.82) is 0 Å². The second kappa shape index (κ2) is 6.49. The molecule has 1 heterocycles. The maximum absolute atomic E-state index is 12.4. The summed E-state index contributed by atoms with van der Waals surface area (Å²) in [5, 5.41) is 2.83. The molecule has 21 heavy (non-hydrogen) atoms. The van der Waals surface area contributed by atoms with Crippen LogP contribution in [-0.4, -0.2) is 15.9 Å². The molecule has 1 aromatic carbocycles. The van der Waals surface area contributed by atoms with Crippen molar-refractivity contribution in [3.8, 4) is 0 Å². The number of carbonyl (C=O) groups is 1. The summed E-state index contributed by atoms with van der Waals surface area (Å²) in [5.74, 6) is 0.215. The fourth-order valence-electron chi connectivity index (χ4n) is 2.02. The van der Waals surface area contributed by atoms with Gasteiger partial charge in [-0.05, 0) is 19.4 Å². The van der Waals surface area contributed by atoms with Crippen LogP contribution in [0.4, 0.5) is 0 Å². The van der Waals surface area contributed by atoms with Crippen LogP contribution in [0.2, 0.25) is 0 Å². The topological polar surface area (TPSA) is 81.2 Å². The lowest BCUT2D eigenvalue weighted by molar-refractivity contribution is -0.121. The highest BCUT2D eigenvalue weighted by Gasteiger charge is 2.26. The summed E-state index contributed by atoms with van der Waals surface area (Å²) >= 11 is 5.03. The Morgan fingerprint density at radius 3 is 2.57 bits per heavy atom. The van der Waals surface area contributed by atoms with Gasteiger partial charge in [0.2, 0.25) is 11.8 Å². The van der Waals surface area contributed by atoms with Crippen molar-refractivity contribution < 1.29 is 9.21 Å². The van der Waals surface area contributed by atoms with Crippen molar-refractivity contribution in [2.75, 3.05) is 0 Å². The molecule has 1 amide bonds. The third kappa shape index (κ3) is 3.66. The van der Waals surface area contributed by atoms with Gasteiger partial charge in [0.1, 0.15) is 17.7 Å². The molecule has 1 aromatic heterocycles. The molecule has 0 aliphatic heterocycles. The van der Waals surface area contributed by atoms with Gasteiger partial charge in [-0.25, -0.2) is 4.98 Å². The van der Waals surface area contributed by atoms with Crippen molar-refractivity contribution in [2.24, 2.45) is 5.73 Å². The van der Waals surface area contributed by atoms with E-state index in [0.717, 1.165) is 5.56 Å². The predicted octanol–water partition coefficient (Wildman–Crippen LogP) is 2.23. The average Bonchev–Trinajstić information content (AvgIpc) is 2.86. The molecule has 110 valence electrons. The summed E-state index contributed by atoms with van der Waals surface area (Å²) in [5.41, 5.74) is 6.48. The number of thiocarbonyl (C=S) groups is 1. The fraction of sp³-hybridized carbons (Fsp3) is 0.267. The minimum atomic E-state index is -0.667. The lowest BCUT2D eigenvalue weighted by Gasteiger charge is -2.18. The van der Waals surface area contributed by atoms with E-state index in [1.54, 1.807) is 20.0 Å². The summed E-state index contributed by atoms with van der Waals surface area (Å²) in [4.78, 5) is 16.7. The number of hydrogen-bond donors (Lipinski definition) is 2. The number of nitrogens with zero attached hydrogens (tertiary/aromatic N) is 1. The van der Waals surface area contributed by atoms with E-state index in [1.807, 2.05) is 30.3 Å². The van der Waals surface area contributed by atoms with Gasteiger partial charge in [-0.1, -0.05) is 42.5 Å². The zero-order valence-electron chi connectivity index (χ0n) is 11.9. The SMILES string of the molecule is Cc1cnc(C(C)NC(=O)C(C(N)=S)c2ccccc2)o1. The Hall–Kier alpha value is -2.21. The number of amides is 1. The quantitative estimate of drug-likeness (QED) is 0.828. The van der Waals surface area contributed by atoms with Crippen molar-refractivity contribution >= 4 is 23.1 Å². The Morgan fingerprint density at radius 2 is 2.05 bits per heavy atom. The predicted molar refractivity (Wildman–Crippen MR) is 83.8 cm³/mol. The molecule has 0 fully saturated rings. The Bertz CT molecular complexity index is 639. The number of oxazole rings is 1. The number of nitrogens with one attached hydrogen (secondary N) is 1. The van der Waals surface area contributed by atoms with Gasteiger partial charge in [-0.15, -0.1) is 0 Å². The number of hydrogen-bond acceptors (Lipinski definition) is 4. The molecular formula is C15H17N3O2S. The monoisotopic (exact) mass is 303 g/mol. The first-order valence-electron chi connectivity index (χ1n) is 6.56. The maximum Gasteiger partial charge on any atom is 0.235 e. The minimum absolute atomic E-state index is 0.134. The Kier molecular flexibility index (Phi) is 4.70. The molecule has 0 radical (unpaired) electrons. The smallest absolute Gasteiger partial charge is 0.235 e. The van der Waals surface area contributed by atoms with Gasteiger partial charge in [0.25, 0.3) is 0 Å². The lowest BCUT2D eigenvalue weighted by atomic mass is 9.98. The highest BCUT2D eigenvalue weighted by Crippen LogP contribution is 2.19. The van der Waals surface area contributed by atoms with Crippen molar-refractivity contribution in [1.82, 2.24) is 10.3 Å². The third-order valence-corrected chi connectivity index (χ3v) is 3.28. The van der Waals surface area contributed by atoms with Crippen LogP contribution < -0.4 is 11.1 Å². The molecule has 0 saturated heterocycles. The van der Waals surface area contributed by atoms with E-state index in [1.165, 1.54) is 0 Å². The molecule has 0 aliphatic carbocycles. The summed E-state index contributed by atoms with van der Waals surface area (Å²) in [6, 6.07) is 8.85. The van der Waals surface area contributed by atoms with Crippen LogP contribution in [0.5, 0.6) is 0 Å². The normalized spacial score (nSPS) is 13.4. The van der Waals surface area contributed by atoms with E-state index >= 15 is 0 Å². The van der Waals surface area contributed by atoms with Gasteiger partial charge in [0, 0.05) is 0 Å². The Labute approximate surface area is 128 Å². The molecule has 6 heteroatoms. The van der Waals surface area contributed by atoms with E-state index in [-0.39, 0.29) is 16.9 Å². The number of rotatable bonds is 5. The molecule has 0 spiro atoms. The molecule has 0 bridgehead atoms. The van der Waals surface area contributed by atoms with Crippen LogP contribution in [0.15, 0.2) is 40.9 Å². The van der Waals surface area contributed by atoms with Gasteiger partial charge >= 0.3 is 0 Å². The summed E-state index contributed by atoms with van der Waals surface area (Å²) in [7, 11) is 0. The zero-order valence-corrected chi connectivity index (χ0v) is 12.7. The van der Waals surface area contributed by atoms with Crippen molar-refractivity contribution in [3.63, 3.8) is 0 Å². The van der Waals surface area contributed by atoms with Crippen LogP contribution >= 0.6 is 12.2 Å². The van der Waals surface area contributed by atoms with Crippen LogP contribution in [0, 0.1) is 6.92 Å². The average molecular weight is 303 g/mol. The van der Waals surface area contributed by atoms with Crippen molar-refractivity contribution in [2.45, 2.75) is 25.8 Å². The third-order valence-electron chi connectivity index (χ3n) is 3.05. The molecule has 5 nitrogen and oxygen atoms in total. The van der Waals surface area contributed by atoms with Crippen LogP contribution in [-0.2, 0) is 4.79 Å². The van der Waals surface area contributed by atoms with Crippen LogP contribution in [0.1, 0.15) is 36.1 Å². The van der Waals surface area contributed by atoms with Gasteiger partial charge in [0.05, 0.1) is 11.2 Å². The van der Waals surface area contributed by atoms with Gasteiger partial charge in [-0.3, -0.25) is 4.79 Å². The molecule has 0 saturated carbocycles. The maximum atomic E-state index is 12.4. The lowest BCUT2D eigenvalue weighted by Crippen LogP contribution is -2.37. The highest BCUT2D eigenvalue weighted by molar-refractivity contribution is 7.80. The Balaban J connectivity index is 2.15. The molecule has 2 rings (SSSR count). The fourth-order valence-corrected chi connectivity index (χ4v) is 2.26. The Morgan fingerprint density at radius 1 is 1.38 bits per heavy atom. The standard InChI is InChI=1S/C15H17N3O2S/c1-9-8-17-15(20-9)10(2)18-14(19)12(13(16)21)11-6-4-3-5-7-11/h3-8,10,12H,1-2H3,(H2,16,21)(H,18,19). The first kappa shape index (κ1) is 15.2. The second-order valence-electron chi connectivity index (χ2n) is 4.79. The largest absolute Gasteiger partial charge is 0.444 e. The van der Waals surface area contributed by atoms with Crippen LogP contribution in [0.25, 0.3) is 0 Å². The number of nitrogens with two attached hydrogens (primary N) is 1. The van der Waals surface area contributed by atoms with Crippen LogP contribution in [0.3, 0.4) is 0 Å². The minimum Gasteiger partial charge on any atom is -0.444 e. The van der Waals surface area contributed by atoms with E-state index in [2.05, 4.69) is 10.3 Å². The summed E-state index contributed by atoms with van der Waals surface area (Å²) in [6.07, 6.45) is 1.61. The van der Waals surface area contributed by atoms with Gasteiger partial charge in [0.15, 0.2) is 0 Å². The molecule has 2 atom stereocenters. The molecule has 3 N–H and O–H groups in total. The first-order valence-corrected chi connectivity index (χ1v) is 6.97. The van der Waals surface area contributed by atoms with E-state index < -0.39 is 5.92 Å². The van der Waals surface area contributed by atoms with Crippen molar-refractivity contribution in [3.05, 3.63) is 53.7 Å². The van der Waals surface area contributed by atoms with E-state index in [0.29, 0.717) is 11.7 Å². The number of carbonyl (C=O) groups excluding carboxylic acids is 1. The number of aromatic nitrogens is 1. The molecule has 2 aromatic rings. The summed E-state index contributed by atoms with van der Waals surface area (Å²) < 4.78 is 5.40. The summed E-state index contributed by atoms with van der Waals surface area (Å²) in [6.45, 7) is 3.59. The number of benzene rings is 1. The van der Waals surface area contributed by atoms with E-state index in [9.17, 15) is 4.79 Å². The van der Waals surface area contributed by atoms with Gasteiger partial charge < -0.3 is 15.5 Å². The zero-order chi connectivity index (χ0) is 15.4. The highest BCUT2D eigenvalue weighted by atomic mass is 32.1. The van der Waals surface area contributed by atoms with Gasteiger partial charge in [-0.2, -0.15) is 0 Å². The molecular weight excluding hydrogens is 286 g/mol. The second-order valence-corrected chi connectivity index (χ2v) is 5.26. The molecule has 2 unspecified atom stereocenters. The first-order chi connectivity index (χ1) is 9.99. The van der Waals surface area contributed by atoms with E-state index in [4.69, 9.17) is 22.4 Å². The molecule has 0 aliphatic rings.